The summed E-state index contributed by atoms with van der Waals surface area (Å²) in [5.41, 5.74) is 0.805. The highest BCUT2D eigenvalue weighted by Gasteiger charge is 2.34. The molecule has 3 heterocycles. The Balaban J connectivity index is 1.93. The van der Waals surface area contributed by atoms with Gasteiger partial charge < -0.3 is 13.9 Å². The van der Waals surface area contributed by atoms with E-state index in [1.165, 1.54) is 35.8 Å². The molecule has 0 fully saturated rings. The van der Waals surface area contributed by atoms with Crippen LogP contribution < -0.4 is 0 Å². The summed E-state index contributed by atoms with van der Waals surface area (Å²) in [6.45, 7) is 0. The summed E-state index contributed by atoms with van der Waals surface area (Å²) in [6.07, 6.45) is 1.64. The minimum Gasteiger partial charge on any atom is -0.465 e. The van der Waals surface area contributed by atoms with Crippen LogP contribution in [0.3, 0.4) is 0 Å². The highest BCUT2D eigenvalue weighted by atomic mass is 16.6. The smallest absolute Gasteiger partial charge is 0.341 e. The topological polar surface area (TPSA) is 130 Å². The van der Waals surface area contributed by atoms with Crippen molar-refractivity contribution in [1.29, 1.82) is 0 Å². The van der Waals surface area contributed by atoms with Crippen molar-refractivity contribution in [2.75, 3.05) is 14.2 Å². The first-order chi connectivity index (χ1) is 17.4. The van der Waals surface area contributed by atoms with Gasteiger partial charge in [-0.15, -0.1) is 0 Å². The molecule has 0 radical (unpaired) electrons. The van der Waals surface area contributed by atoms with Crippen molar-refractivity contribution in [2.45, 2.75) is 0 Å². The Morgan fingerprint density at radius 2 is 1.53 bits per heavy atom. The van der Waals surface area contributed by atoms with Gasteiger partial charge in [-0.1, -0.05) is 12.1 Å². The zero-order valence-electron chi connectivity index (χ0n) is 19.1. The maximum Gasteiger partial charge on any atom is 0.341 e. The van der Waals surface area contributed by atoms with Crippen molar-refractivity contribution in [3.05, 3.63) is 99.4 Å². The second-order valence-electron chi connectivity index (χ2n) is 7.84. The van der Waals surface area contributed by atoms with Crippen LogP contribution in [0.25, 0.3) is 27.3 Å². The van der Waals surface area contributed by atoms with Gasteiger partial charge in [0, 0.05) is 34.7 Å². The fourth-order valence-corrected chi connectivity index (χ4v) is 4.37. The summed E-state index contributed by atoms with van der Waals surface area (Å²) in [4.78, 5) is 54.6. The molecule has 178 valence electrons. The predicted octanol–water partition coefficient (Wildman–Crippen LogP) is 4.35. The third-order valence-electron chi connectivity index (χ3n) is 5.98. The first kappa shape index (κ1) is 22.7. The van der Waals surface area contributed by atoms with Crippen LogP contribution in [0, 0.1) is 10.1 Å². The van der Waals surface area contributed by atoms with Gasteiger partial charge in [0.2, 0.25) is 5.78 Å². The van der Waals surface area contributed by atoms with Gasteiger partial charge in [-0.05, 0) is 36.4 Å². The lowest BCUT2D eigenvalue weighted by molar-refractivity contribution is -0.384. The molecule has 0 saturated carbocycles. The van der Waals surface area contributed by atoms with Crippen molar-refractivity contribution in [3.63, 3.8) is 0 Å². The van der Waals surface area contributed by atoms with E-state index in [2.05, 4.69) is 4.98 Å². The van der Waals surface area contributed by atoms with Crippen molar-refractivity contribution < 1.29 is 28.8 Å². The average Bonchev–Trinajstić information content (AvgIpc) is 3.27. The highest BCUT2D eigenvalue weighted by molar-refractivity contribution is 6.21. The fraction of sp³-hybridized carbons (Fsp3) is 0.0769. The summed E-state index contributed by atoms with van der Waals surface area (Å²) >= 11 is 0. The number of carbonyl (C=O) groups excluding carboxylic acids is 3. The number of fused-ring (bicyclic) bond motifs is 5. The molecule has 0 aliphatic carbocycles. The minimum absolute atomic E-state index is 0.0810. The Morgan fingerprint density at radius 3 is 2.19 bits per heavy atom. The zero-order valence-corrected chi connectivity index (χ0v) is 19.1. The lowest BCUT2D eigenvalue weighted by Gasteiger charge is -2.10. The van der Waals surface area contributed by atoms with Gasteiger partial charge in [0.15, 0.2) is 0 Å². The SMILES string of the molecule is COC(=O)c1c(C(=O)OC)c2ccc3c4ncccc4ccc3n2c1C(=O)c1ccc([N+](=O)[O-])cc1. The van der Waals surface area contributed by atoms with E-state index < -0.39 is 22.6 Å². The predicted molar refractivity (Wildman–Crippen MR) is 129 cm³/mol. The van der Waals surface area contributed by atoms with Crippen molar-refractivity contribution >= 4 is 50.7 Å². The van der Waals surface area contributed by atoms with E-state index in [1.54, 1.807) is 30.5 Å². The number of nitro groups is 1. The summed E-state index contributed by atoms with van der Waals surface area (Å²) in [6, 6.07) is 15.6. The molecule has 10 nitrogen and oxygen atoms in total. The van der Waals surface area contributed by atoms with E-state index in [-0.39, 0.29) is 33.6 Å². The maximum absolute atomic E-state index is 13.8. The third-order valence-corrected chi connectivity index (χ3v) is 5.98. The second-order valence-corrected chi connectivity index (χ2v) is 7.84. The van der Waals surface area contributed by atoms with Crippen LogP contribution in [0.5, 0.6) is 0 Å². The largest absolute Gasteiger partial charge is 0.465 e. The first-order valence-corrected chi connectivity index (χ1v) is 10.7. The lowest BCUT2D eigenvalue weighted by Crippen LogP contribution is -2.15. The number of ketones is 1. The number of nitro benzene ring substituents is 1. The molecular formula is C26H17N3O7. The van der Waals surface area contributed by atoms with Crippen LogP contribution in [0.15, 0.2) is 66.9 Å². The Morgan fingerprint density at radius 1 is 0.861 bits per heavy atom. The van der Waals surface area contributed by atoms with E-state index >= 15 is 0 Å². The van der Waals surface area contributed by atoms with Crippen molar-refractivity contribution in [2.24, 2.45) is 0 Å². The Bertz CT molecular complexity index is 1740. The molecule has 2 aromatic carbocycles. The molecule has 0 bridgehead atoms. The fourth-order valence-electron chi connectivity index (χ4n) is 4.37. The molecule has 36 heavy (non-hydrogen) atoms. The molecule has 5 rings (SSSR count). The molecule has 0 aliphatic heterocycles. The number of carbonyl (C=O) groups is 3. The van der Waals surface area contributed by atoms with E-state index in [0.29, 0.717) is 16.4 Å². The minimum atomic E-state index is -0.906. The number of rotatable bonds is 5. The van der Waals surface area contributed by atoms with Crippen LogP contribution >= 0.6 is 0 Å². The summed E-state index contributed by atoms with van der Waals surface area (Å²) < 4.78 is 11.4. The Kier molecular flexibility index (Phi) is 5.40. The molecule has 0 unspecified atom stereocenters. The Labute approximate surface area is 202 Å². The van der Waals surface area contributed by atoms with Gasteiger partial charge in [0.1, 0.15) is 16.8 Å². The standard InChI is InChI=1S/C26H17N3O7/c1-35-25(31)20-19-12-10-17-18(11-7-14-4-3-13-27-22(14)17)28(19)23(21(20)26(32)36-2)24(30)15-5-8-16(9-6-15)29(33)34/h3-13H,1-2H3. The highest BCUT2D eigenvalue weighted by Crippen LogP contribution is 2.33. The molecule has 0 saturated heterocycles. The molecule has 0 aliphatic rings. The summed E-state index contributed by atoms with van der Waals surface area (Å²) in [5.74, 6) is -2.37. The van der Waals surface area contributed by atoms with Crippen LogP contribution in [0.4, 0.5) is 5.69 Å². The number of esters is 2. The van der Waals surface area contributed by atoms with Crippen LogP contribution in [0.2, 0.25) is 0 Å². The molecule has 10 heteroatoms. The zero-order chi connectivity index (χ0) is 25.6. The number of hydrogen-bond acceptors (Lipinski definition) is 8. The Hall–Kier alpha value is -5.12. The van der Waals surface area contributed by atoms with Crippen molar-refractivity contribution in [1.82, 2.24) is 9.38 Å². The number of hydrogen-bond donors (Lipinski definition) is 0. The monoisotopic (exact) mass is 483 g/mol. The van der Waals surface area contributed by atoms with Gasteiger partial charge in [0.05, 0.1) is 35.7 Å². The number of non-ortho nitro benzene ring substituents is 1. The molecule has 5 aromatic rings. The second kappa shape index (κ2) is 8.58. The van der Waals surface area contributed by atoms with E-state index in [9.17, 15) is 24.5 Å². The average molecular weight is 483 g/mol. The van der Waals surface area contributed by atoms with Crippen LogP contribution in [0.1, 0.15) is 36.8 Å². The number of aromatic nitrogens is 2. The quantitative estimate of drug-likeness (QED) is 0.119. The van der Waals surface area contributed by atoms with E-state index in [4.69, 9.17) is 9.47 Å². The van der Waals surface area contributed by atoms with Crippen LogP contribution in [-0.2, 0) is 9.47 Å². The number of pyridine rings is 2. The van der Waals surface area contributed by atoms with Gasteiger partial charge in [-0.25, -0.2) is 9.59 Å². The van der Waals surface area contributed by atoms with E-state index in [1.807, 2.05) is 12.1 Å². The van der Waals surface area contributed by atoms with Crippen molar-refractivity contribution in [3.8, 4) is 0 Å². The molecule has 0 spiro atoms. The molecule has 0 N–H and O–H groups in total. The molecular weight excluding hydrogens is 466 g/mol. The number of ether oxygens (including phenoxy) is 2. The number of methoxy groups -OCH3 is 2. The third kappa shape index (κ3) is 3.35. The molecule has 0 atom stereocenters. The van der Waals surface area contributed by atoms with Gasteiger partial charge in [0.25, 0.3) is 5.69 Å². The maximum atomic E-state index is 13.8. The van der Waals surface area contributed by atoms with Gasteiger partial charge in [-0.2, -0.15) is 0 Å². The van der Waals surface area contributed by atoms with Gasteiger partial charge >= 0.3 is 11.9 Å². The first-order valence-electron chi connectivity index (χ1n) is 10.7. The normalized spacial score (nSPS) is 11.1. The molecule has 0 amide bonds. The van der Waals surface area contributed by atoms with E-state index in [0.717, 1.165) is 12.5 Å². The van der Waals surface area contributed by atoms with Crippen LogP contribution in [-0.4, -0.2) is 46.2 Å². The van der Waals surface area contributed by atoms with Gasteiger partial charge in [-0.3, -0.25) is 19.9 Å². The molecule has 3 aromatic heterocycles. The number of nitrogens with zero attached hydrogens (tertiary/aromatic N) is 3. The summed E-state index contributed by atoms with van der Waals surface area (Å²) in [7, 11) is 2.31. The lowest BCUT2D eigenvalue weighted by atomic mass is 10.0. The summed E-state index contributed by atoms with van der Waals surface area (Å²) in [5, 5.41) is 12.6. The number of benzene rings is 2.